The molecule has 0 aromatic heterocycles. The van der Waals surface area contributed by atoms with Crippen LogP contribution in [0.4, 0.5) is 8.78 Å². The molecule has 1 rings (SSSR count). The standard InChI is InChI=1S/C17H28F2O4/c1-4-16(2,15(21)22-11-10-17(3,18)19)12-23-14(20)13-8-6-5-7-9-13/h13H,4-12H2,1-3H3. The summed E-state index contributed by atoms with van der Waals surface area (Å²) in [5.74, 6) is -3.81. The molecule has 0 N–H and O–H groups in total. The average molecular weight is 334 g/mol. The van der Waals surface area contributed by atoms with Crippen LogP contribution in [-0.2, 0) is 19.1 Å². The number of hydrogen-bond donors (Lipinski definition) is 0. The Bertz CT molecular complexity index is 400. The van der Waals surface area contributed by atoms with Gasteiger partial charge in [-0.1, -0.05) is 26.2 Å². The van der Waals surface area contributed by atoms with E-state index in [1.165, 1.54) is 0 Å². The monoisotopic (exact) mass is 334 g/mol. The lowest BCUT2D eigenvalue weighted by molar-refractivity contribution is -0.166. The Morgan fingerprint density at radius 1 is 1.09 bits per heavy atom. The number of hydrogen-bond acceptors (Lipinski definition) is 4. The Balaban J connectivity index is 2.45. The van der Waals surface area contributed by atoms with Crippen molar-refractivity contribution in [2.75, 3.05) is 13.2 Å². The quantitative estimate of drug-likeness (QED) is 0.627. The van der Waals surface area contributed by atoms with E-state index in [1.807, 2.05) is 0 Å². The van der Waals surface area contributed by atoms with Gasteiger partial charge >= 0.3 is 11.9 Å². The lowest BCUT2D eigenvalue weighted by Gasteiger charge is -2.27. The Hall–Kier alpha value is -1.20. The van der Waals surface area contributed by atoms with Crippen molar-refractivity contribution in [3.05, 3.63) is 0 Å². The van der Waals surface area contributed by atoms with Crippen molar-refractivity contribution in [1.82, 2.24) is 0 Å². The third kappa shape index (κ3) is 6.83. The molecule has 0 aromatic rings. The molecule has 1 aliphatic carbocycles. The number of alkyl halides is 2. The SMILES string of the molecule is CCC(C)(COC(=O)C1CCCCC1)C(=O)OCCC(C)(F)F. The summed E-state index contributed by atoms with van der Waals surface area (Å²) in [5, 5.41) is 0. The number of carbonyl (C=O) groups excluding carboxylic acids is 2. The van der Waals surface area contributed by atoms with Gasteiger partial charge in [-0.25, -0.2) is 8.78 Å². The highest BCUT2D eigenvalue weighted by Crippen LogP contribution is 2.28. The molecule has 134 valence electrons. The van der Waals surface area contributed by atoms with Crippen LogP contribution in [0.2, 0.25) is 0 Å². The first kappa shape index (κ1) is 19.8. The molecule has 0 saturated heterocycles. The number of carbonyl (C=O) groups is 2. The Labute approximate surface area is 136 Å². The third-order valence-electron chi connectivity index (χ3n) is 4.52. The van der Waals surface area contributed by atoms with Crippen LogP contribution in [0, 0.1) is 11.3 Å². The van der Waals surface area contributed by atoms with Gasteiger partial charge in [0.05, 0.1) is 17.9 Å². The first-order valence-corrected chi connectivity index (χ1v) is 8.39. The van der Waals surface area contributed by atoms with Crippen LogP contribution in [0.25, 0.3) is 0 Å². The Kier molecular flexibility index (Phi) is 7.42. The van der Waals surface area contributed by atoms with E-state index in [2.05, 4.69) is 0 Å². The van der Waals surface area contributed by atoms with Gasteiger partial charge in [-0.3, -0.25) is 9.59 Å². The molecule has 0 aliphatic heterocycles. The number of ether oxygens (including phenoxy) is 2. The molecule has 1 fully saturated rings. The molecule has 1 unspecified atom stereocenters. The van der Waals surface area contributed by atoms with Gasteiger partial charge in [-0.05, 0) is 33.1 Å². The minimum Gasteiger partial charge on any atom is -0.465 e. The summed E-state index contributed by atoms with van der Waals surface area (Å²) >= 11 is 0. The lowest BCUT2D eigenvalue weighted by Crippen LogP contribution is -2.36. The van der Waals surface area contributed by atoms with E-state index in [-0.39, 0.29) is 25.1 Å². The molecule has 0 spiro atoms. The fourth-order valence-corrected chi connectivity index (χ4v) is 2.49. The fourth-order valence-electron chi connectivity index (χ4n) is 2.49. The van der Waals surface area contributed by atoms with Gasteiger partial charge in [0.2, 0.25) is 5.92 Å². The van der Waals surface area contributed by atoms with E-state index in [4.69, 9.17) is 9.47 Å². The van der Waals surface area contributed by atoms with Crippen molar-refractivity contribution < 1.29 is 27.8 Å². The maximum atomic E-state index is 12.8. The summed E-state index contributed by atoms with van der Waals surface area (Å²) in [5.41, 5.74) is -0.993. The molecule has 1 saturated carbocycles. The average Bonchev–Trinajstić information content (AvgIpc) is 2.51. The van der Waals surface area contributed by atoms with Gasteiger partial charge in [0.1, 0.15) is 6.61 Å². The summed E-state index contributed by atoms with van der Waals surface area (Å²) in [6, 6.07) is 0. The first-order chi connectivity index (χ1) is 10.7. The van der Waals surface area contributed by atoms with E-state index in [1.54, 1.807) is 13.8 Å². The zero-order valence-electron chi connectivity index (χ0n) is 14.3. The largest absolute Gasteiger partial charge is 0.465 e. The maximum absolute atomic E-state index is 12.8. The van der Waals surface area contributed by atoms with Crippen molar-refractivity contribution >= 4 is 11.9 Å². The molecule has 0 amide bonds. The van der Waals surface area contributed by atoms with Gasteiger partial charge < -0.3 is 9.47 Å². The zero-order chi connectivity index (χ0) is 17.5. The highest BCUT2D eigenvalue weighted by Gasteiger charge is 2.36. The summed E-state index contributed by atoms with van der Waals surface area (Å²) in [4.78, 5) is 24.2. The second-order valence-corrected chi connectivity index (χ2v) is 6.81. The predicted octanol–water partition coefficient (Wildman–Crippen LogP) is 4.11. The van der Waals surface area contributed by atoms with Gasteiger partial charge in [0.25, 0.3) is 0 Å². The molecule has 0 aromatic carbocycles. The predicted molar refractivity (Wildman–Crippen MR) is 82.1 cm³/mol. The topological polar surface area (TPSA) is 52.6 Å². The molecule has 6 heteroatoms. The molecule has 0 heterocycles. The second kappa shape index (κ2) is 8.60. The van der Waals surface area contributed by atoms with Crippen molar-refractivity contribution in [2.24, 2.45) is 11.3 Å². The van der Waals surface area contributed by atoms with Crippen LogP contribution in [0.15, 0.2) is 0 Å². The van der Waals surface area contributed by atoms with Gasteiger partial charge in [0.15, 0.2) is 0 Å². The molecule has 4 nitrogen and oxygen atoms in total. The van der Waals surface area contributed by atoms with E-state index >= 15 is 0 Å². The minimum absolute atomic E-state index is 0.0693. The first-order valence-electron chi connectivity index (χ1n) is 8.39. The van der Waals surface area contributed by atoms with E-state index in [0.29, 0.717) is 6.42 Å². The Morgan fingerprint density at radius 3 is 2.22 bits per heavy atom. The highest BCUT2D eigenvalue weighted by atomic mass is 19.3. The highest BCUT2D eigenvalue weighted by molar-refractivity contribution is 5.77. The molecule has 0 bridgehead atoms. The van der Waals surface area contributed by atoms with Gasteiger partial charge in [-0.2, -0.15) is 0 Å². The fraction of sp³-hybridized carbons (Fsp3) is 0.882. The summed E-state index contributed by atoms with van der Waals surface area (Å²) in [7, 11) is 0. The third-order valence-corrected chi connectivity index (χ3v) is 4.52. The number of rotatable bonds is 8. The van der Waals surface area contributed by atoms with Crippen LogP contribution in [0.1, 0.15) is 65.7 Å². The van der Waals surface area contributed by atoms with Crippen molar-refractivity contribution in [3.63, 3.8) is 0 Å². The van der Waals surface area contributed by atoms with Crippen LogP contribution < -0.4 is 0 Å². The van der Waals surface area contributed by atoms with E-state index < -0.39 is 23.7 Å². The van der Waals surface area contributed by atoms with Crippen molar-refractivity contribution in [2.45, 2.75) is 71.6 Å². The van der Waals surface area contributed by atoms with Crippen LogP contribution in [-0.4, -0.2) is 31.1 Å². The lowest BCUT2D eigenvalue weighted by atomic mass is 9.87. The molecule has 0 radical (unpaired) electrons. The van der Waals surface area contributed by atoms with Crippen LogP contribution in [0.3, 0.4) is 0 Å². The molecule has 23 heavy (non-hydrogen) atoms. The zero-order valence-corrected chi connectivity index (χ0v) is 14.3. The second-order valence-electron chi connectivity index (χ2n) is 6.81. The maximum Gasteiger partial charge on any atom is 0.315 e. The molecular formula is C17H28F2O4. The van der Waals surface area contributed by atoms with Gasteiger partial charge in [-0.15, -0.1) is 0 Å². The Morgan fingerprint density at radius 2 is 1.70 bits per heavy atom. The van der Waals surface area contributed by atoms with E-state index in [9.17, 15) is 18.4 Å². The van der Waals surface area contributed by atoms with Crippen molar-refractivity contribution in [3.8, 4) is 0 Å². The van der Waals surface area contributed by atoms with Crippen LogP contribution >= 0.6 is 0 Å². The molecule has 1 aliphatic rings. The number of halogens is 2. The van der Waals surface area contributed by atoms with Crippen LogP contribution in [0.5, 0.6) is 0 Å². The summed E-state index contributed by atoms with van der Waals surface area (Å²) in [6.45, 7) is 3.79. The van der Waals surface area contributed by atoms with Gasteiger partial charge in [0, 0.05) is 6.42 Å². The normalized spacial score (nSPS) is 19.0. The van der Waals surface area contributed by atoms with Crippen molar-refractivity contribution in [1.29, 1.82) is 0 Å². The number of esters is 2. The summed E-state index contributed by atoms with van der Waals surface area (Å²) in [6.07, 6.45) is 4.75. The minimum atomic E-state index is -2.86. The smallest absolute Gasteiger partial charge is 0.315 e. The molecular weight excluding hydrogens is 306 g/mol. The molecule has 1 atom stereocenters. The summed E-state index contributed by atoms with van der Waals surface area (Å²) < 4.78 is 35.8. The van der Waals surface area contributed by atoms with E-state index in [0.717, 1.165) is 39.0 Å².